The second-order valence-corrected chi connectivity index (χ2v) is 6.84. The Balaban J connectivity index is 1.89. The van der Waals surface area contributed by atoms with Gasteiger partial charge in [0.05, 0.1) is 10.7 Å². The van der Waals surface area contributed by atoms with Crippen molar-refractivity contribution in [1.29, 1.82) is 0 Å². The fourth-order valence-electron chi connectivity index (χ4n) is 3.25. The van der Waals surface area contributed by atoms with Crippen LogP contribution in [0.15, 0.2) is 42.6 Å². The van der Waals surface area contributed by atoms with Crippen LogP contribution < -0.4 is 10.2 Å². The average molecular weight is 385 g/mol. The van der Waals surface area contributed by atoms with Gasteiger partial charge in [-0.2, -0.15) is 0 Å². The van der Waals surface area contributed by atoms with Crippen molar-refractivity contribution in [2.45, 2.75) is 33.6 Å². The summed E-state index contributed by atoms with van der Waals surface area (Å²) in [5, 5.41) is 3.57. The van der Waals surface area contributed by atoms with Gasteiger partial charge >= 0.3 is 0 Å². The zero-order valence-corrected chi connectivity index (χ0v) is 16.8. The lowest BCUT2D eigenvalue weighted by molar-refractivity contribution is 0.102. The van der Waals surface area contributed by atoms with Crippen molar-refractivity contribution in [2.24, 2.45) is 0 Å². The van der Waals surface area contributed by atoms with E-state index in [-0.39, 0.29) is 5.91 Å². The van der Waals surface area contributed by atoms with Crippen LogP contribution in [0.4, 0.5) is 11.4 Å². The first-order valence-electron chi connectivity index (χ1n) is 9.40. The number of amides is 1. The second-order valence-electron chi connectivity index (χ2n) is 6.41. The summed E-state index contributed by atoms with van der Waals surface area (Å²) in [5.74, 6) is -0.177. The Morgan fingerprint density at radius 1 is 1.11 bits per heavy atom. The lowest BCUT2D eigenvalue weighted by atomic mass is 10.2. The zero-order valence-electron chi connectivity index (χ0n) is 16.0. The maximum atomic E-state index is 13.0. The number of hydrogen-bond donors (Lipinski definition) is 1. The van der Waals surface area contributed by atoms with E-state index in [9.17, 15) is 4.79 Å². The molecule has 0 unspecified atom stereocenters. The van der Waals surface area contributed by atoms with Gasteiger partial charge in [0, 0.05) is 30.7 Å². The summed E-state index contributed by atoms with van der Waals surface area (Å²) in [6.45, 7) is 8.23. The van der Waals surface area contributed by atoms with Gasteiger partial charge in [-0.25, -0.2) is 4.98 Å². The highest BCUT2D eigenvalue weighted by atomic mass is 35.5. The number of anilines is 2. The molecule has 0 aliphatic rings. The molecular weight excluding hydrogens is 360 g/mol. The fourth-order valence-corrected chi connectivity index (χ4v) is 3.41. The molecule has 142 valence electrons. The minimum Gasteiger partial charge on any atom is -0.372 e. The number of pyridine rings is 1. The average Bonchev–Trinajstić information content (AvgIpc) is 3.01. The third kappa shape index (κ3) is 4.08. The van der Waals surface area contributed by atoms with Crippen LogP contribution in [0.1, 0.15) is 43.4 Å². The Kier molecular flexibility index (Phi) is 6.01. The van der Waals surface area contributed by atoms with Crippen LogP contribution in [0.5, 0.6) is 0 Å². The van der Waals surface area contributed by atoms with Crippen molar-refractivity contribution >= 4 is 34.5 Å². The highest BCUT2D eigenvalue weighted by Gasteiger charge is 2.19. The number of nitrogens with one attached hydrogen (secondary N) is 1. The maximum Gasteiger partial charge on any atom is 0.274 e. The highest BCUT2D eigenvalue weighted by molar-refractivity contribution is 6.30. The number of benzene rings is 1. The number of halogens is 1. The molecule has 0 spiro atoms. The molecule has 3 rings (SSSR count). The van der Waals surface area contributed by atoms with Crippen molar-refractivity contribution in [3.05, 3.63) is 59.0 Å². The molecule has 2 heterocycles. The molecule has 0 atom stereocenters. The molecule has 0 bridgehead atoms. The van der Waals surface area contributed by atoms with Gasteiger partial charge in [0.15, 0.2) is 0 Å². The minimum atomic E-state index is -0.177. The molecule has 1 amide bonds. The zero-order chi connectivity index (χ0) is 19.4. The molecule has 0 aliphatic heterocycles. The Morgan fingerprint density at radius 3 is 2.44 bits per heavy atom. The van der Waals surface area contributed by atoms with E-state index in [0.717, 1.165) is 48.6 Å². The molecule has 0 aliphatic carbocycles. The number of imidazole rings is 1. The Bertz CT molecular complexity index is 929. The first-order chi connectivity index (χ1) is 13.1. The molecule has 27 heavy (non-hydrogen) atoms. The third-order valence-corrected chi connectivity index (χ3v) is 4.83. The summed E-state index contributed by atoms with van der Waals surface area (Å²) in [6, 6.07) is 11.5. The van der Waals surface area contributed by atoms with Crippen LogP contribution in [-0.4, -0.2) is 28.4 Å². The highest BCUT2D eigenvalue weighted by Crippen LogP contribution is 2.21. The van der Waals surface area contributed by atoms with E-state index in [4.69, 9.17) is 11.6 Å². The van der Waals surface area contributed by atoms with E-state index >= 15 is 0 Å². The van der Waals surface area contributed by atoms with Crippen molar-refractivity contribution in [3.63, 3.8) is 0 Å². The van der Waals surface area contributed by atoms with Crippen LogP contribution in [0.3, 0.4) is 0 Å². The van der Waals surface area contributed by atoms with Crippen molar-refractivity contribution < 1.29 is 4.79 Å². The van der Waals surface area contributed by atoms with E-state index in [0.29, 0.717) is 10.7 Å². The monoisotopic (exact) mass is 384 g/mol. The minimum absolute atomic E-state index is 0.177. The molecule has 2 aromatic heterocycles. The standard InChI is InChI=1S/C21H25ClN4O/c1-4-7-18-20(26-14-15(22)8-13-19(26)24-18)21(27)23-16-9-11-17(12-10-16)25(5-2)6-3/h8-14H,4-7H2,1-3H3,(H,23,27). The van der Waals surface area contributed by atoms with Gasteiger partial charge in [-0.15, -0.1) is 0 Å². The molecule has 0 radical (unpaired) electrons. The normalized spacial score (nSPS) is 11.0. The first kappa shape index (κ1) is 19.2. The van der Waals surface area contributed by atoms with Gasteiger partial charge < -0.3 is 10.2 Å². The summed E-state index contributed by atoms with van der Waals surface area (Å²) in [4.78, 5) is 19.9. The molecule has 5 nitrogen and oxygen atoms in total. The molecule has 1 aromatic carbocycles. The van der Waals surface area contributed by atoms with Crippen molar-refractivity contribution in [1.82, 2.24) is 9.38 Å². The number of carbonyl (C=O) groups excluding carboxylic acids is 1. The summed E-state index contributed by atoms with van der Waals surface area (Å²) < 4.78 is 1.77. The predicted molar refractivity (Wildman–Crippen MR) is 112 cm³/mol. The summed E-state index contributed by atoms with van der Waals surface area (Å²) in [5.41, 5.74) is 3.96. The van der Waals surface area contributed by atoms with Crippen LogP contribution >= 0.6 is 11.6 Å². The SMILES string of the molecule is CCCc1nc2ccc(Cl)cn2c1C(=O)Nc1ccc(N(CC)CC)cc1. The molecule has 0 saturated carbocycles. The number of nitrogens with zero attached hydrogens (tertiary/aromatic N) is 3. The van der Waals surface area contributed by atoms with E-state index in [1.807, 2.05) is 30.3 Å². The van der Waals surface area contributed by atoms with Crippen molar-refractivity contribution in [2.75, 3.05) is 23.3 Å². The van der Waals surface area contributed by atoms with Gasteiger partial charge in [0.2, 0.25) is 0 Å². The number of carbonyl (C=O) groups is 1. The van der Waals surface area contributed by atoms with E-state index < -0.39 is 0 Å². The van der Waals surface area contributed by atoms with Gasteiger partial charge in [-0.05, 0) is 56.7 Å². The summed E-state index contributed by atoms with van der Waals surface area (Å²) in [6.07, 6.45) is 3.39. The molecule has 3 aromatic rings. The smallest absolute Gasteiger partial charge is 0.274 e. The number of hydrogen-bond acceptors (Lipinski definition) is 3. The summed E-state index contributed by atoms with van der Waals surface area (Å²) in [7, 11) is 0. The van der Waals surface area contributed by atoms with Gasteiger partial charge in [-0.1, -0.05) is 24.9 Å². The number of fused-ring (bicyclic) bond motifs is 1. The fraction of sp³-hybridized carbons (Fsp3) is 0.333. The lowest BCUT2D eigenvalue weighted by Crippen LogP contribution is -2.21. The molecule has 6 heteroatoms. The van der Waals surface area contributed by atoms with E-state index in [1.54, 1.807) is 16.7 Å². The molecule has 0 fully saturated rings. The van der Waals surface area contributed by atoms with E-state index in [2.05, 4.69) is 36.0 Å². The molecule has 1 N–H and O–H groups in total. The summed E-state index contributed by atoms with van der Waals surface area (Å²) >= 11 is 6.13. The third-order valence-electron chi connectivity index (χ3n) is 4.61. The van der Waals surface area contributed by atoms with Gasteiger partial charge in [0.25, 0.3) is 5.91 Å². The lowest BCUT2D eigenvalue weighted by Gasteiger charge is -2.21. The second kappa shape index (κ2) is 8.44. The van der Waals surface area contributed by atoms with E-state index in [1.165, 1.54) is 0 Å². The Labute approximate surface area is 165 Å². The number of aryl methyl sites for hydroxylation is 1. The van der Waals surface area contributed by atoms with Crippen molar-refractivity contribution in [3.8, 4) is 0 Å². The van der Waals surface area contributed by atoms with Crippen LogP contribution in [0.2, 0.25) is 5.02 Å². The molecular formula is C21H25ClN4O. The van der Waals surface area contributed by atoms with Crippen LogP contribution in [0, 0.1) is 0 Å². The van der Waals surface area contributed by atoms with Gasteiger partial charge in [-0.3, -0.25) is 9.20 Å². The topological polar surface area (TPSA) is 49.6 Å². The van der Waals surface area contributed by atoms with Gasteiger partial charge in [0.1, 0.15) is 11.3 Å². The Hall–Kier alpha value is -2.53. The van der Waals surface area contributed by atoms with Crippen LogP contribution in [-0.2, 0) is 6.42 Å². The molecule has 0 saturated heterocycles. The first-order valence-corrected chi connectivity index (χ1v) is 9.78. The Morgan fingerprint density at radius 2 is 1.81 bits per heavy atom. The quantitative estimate of drug-likeness (QED) is 0.620. The van der Waals surface area contributed by atoms with Crippen LogP contribution in [0.25, 0.3) is 5.65 Å². The predicted octanol–water partition coefficient (Wildman–Crippen LogP) is 5.04. The number of rotatable bonds is 7. The largest absolute Gasteiger partial charge is 0.372 e. The number of aromatic nitrogens is 2. The maximum absolute atomic E-state index is 13.0.